The maximum atomic E-state index is 10.9. The first-order valence-electron chi connectivity index (χ1n) is 7.38. The van der Waals surface area contributed by atoms with E-state index in [9.17, 15) is 10.4 Å². The molecule has 100 valence electrons. The van der Waals surface area contributed by atoms with Crippen molar-refractivity contribution in [1.29, 1.82) is 5.26 Å². The fourth-order valence-electron chi connectivity index (χ4n) is 4.31. The van der Waals surface area contributed by atoms with E-state index < -0.39 is 11.5 Å². The van der Waals surface area contributed by atoms with E-state index >= 15 is 0 Å². The number of hydrogen-bond donors (Lipinski definition) is 1. The highest BCUT2D eigenvalue weighted by molar-refractivity contribution is 5.33. The quantitative estimate of drug-likeness (QED) is 0.896. The Hall–Kier alpha value is -1.33. The third-order valence-electron chi connectivity index (χ3n) is 5.32. The zero-order valence-electron chi connectivity index (χ0n) is 11.5. The van der Waals surface area contributed by atoms with Crippen LogP contribution in [0.1, 0.15) is 49.8 Å². The second kappa shape index (κ2) is 4.65. The summed E-state index contributed by atoms with van der Waals surface area (Å²) in [7, 11) is 0. The molecule has 0 amide bonds. The van der Waals surface area contributed by atoms with Crippen molar-refractivity contribution in [2.45, 2.75) is 45.1 Å². The minimum Gasteiger partial charge on any atom is -0.387 e. The summed E-state index contributed by atoms with van der Waals surface area (Å²) in [5.41, 5.74) is 1.61. The standard InChI is InChI=1S/C17H21NO/c1-2-13-5-3-4-6-15(13)16(19)17(11-18)10-12-7-8-14(17)9-12/h3-6,12,14,16,19H,2,7-10H2,1H3. The number of hydrogen-bond acceptors (Lipinski definition) is 2. The lowest BCUT2D eigenvalue weighted by molar-refractivity contribution is 0.0227. The molecule has 0 heterocycles. The van der Waals surface area contributed by atoms with E-state index in [4.69, 9.17) is 0 Å². The zero-order valence-corrected chi connectivity index (χ0v) is 11.5. The third-order valence-corrected chi connectivity index (χ3v) is 5.32. The van der Waals surface area contributed by atoms with Crippen LogP contribution in [0.3, 0.4) is 0 Å². The molecule has 1 N–H and O–H groups in total. The topological polar surface area (TPSA) is 44.0 Å². The Morgan fingerprint density at radius 1 is 1.42 bits per heavy atom. The lowest BCUT2D eigenvalue weighted by Gasteiger charge is -2.36. The Labute approximate surface area is 115 Å². The molecule has 2 saturated carbocycles. The number of nitriles is 1. The van der Waals surface area contributed by atoms with E-state index in [0.29, 0.717) is 11.8 Å². The molecule has 4 unspecified atom stereocenters. The SMILES string of the molecule is CCc1ccccc1C(O)C1(C#N)CC2CCC1C2. The van der Waals surface area contributed by atoms with Crippen LogP contribution in [-0.2, 0) is 6.42 Å². The average Bonchev–Trinajstić information content (AvgIpc) is 3.07. The van der Waals surface area contributed by atoms with Gasteiger partial charge in [0.15, 0.2) is 0 Å². The first-order chi connectivity index (χ1) is 9.21. The Balaban J connectivity index is 1.99. The summed E-state index contributed by atoms with van der Waals surface area (Å²) < 4.78 is 0. The molecule has 2 bridgehead atoms. The molecule has 0 aromatic heterocycles. The third kappa shape index (κ3) is 1.80. The van der Waals surface area contributed by atoms with Crippen LogP contribution in [0.15, 0.2) is 24.3 Å². The molecule has 0 spiro atoms. The highest BCUT2D eigenvalue weighted by atomic mass is 16.3. The van der Waals surface area contributed by atoms with Crippen molar-refractivity contribution < 1.29 is 5.11 Å². The van der Waals surface area contributed by atoms with Crippen LogP contribution in [0.4, 0.5) is 0 Å². The number of aliphatic hydroxyl groups excluding tert-OH is 1. The average molecular weight is 255 g/mol. The van der Waals surface area contributed by atoms with Crippen molar-refractivity contribution in [1.82, 2.24) is 0 Å². The molecule has 19 heavy (non-hydrogen) atoms. The molecule has 0 radical (unpaired) electrons. The first kappa shape index (κ1) is 12.7. The van der Waals surface area contributed by atoms with Gasteiger partial charge < -0.3 is 5.11 Å². The van der Waals surface area contributed by atoms with Gasteiger partial charge in [-0.3, -0.25) is 0 Å². The van der Waals surface area contributed by atoms with Crippen LogP contribution in [0.25, 0.3) is 0 Å². The van der Waals surface area contributed by atoms with Crippen molar-refractivity contribution in [3.05, 3.63) is 35.4 Å². The van der Waals surface area contributed by atoms with Gasteiger partial charge in [0.05, 0.1) is 17.6 Å². The molecule has 2 heteroatoms. The molecule has 1 aromatic rings. The second-order valence-corrected chi connectivity index (χ2v) is 6.19. The maximum absolute atomic E-state index is 10.9. The molecular weight excluding hydrogens is 234 g/mol. The molecule has 0 saturated heterocycles. The van der Waals surface area contributed by atoms with Gasteiger partial charge in [0.2, 0.25) is 0 Å². The molecule has 2 aliphatic carbocycles. The highest BCUT2D eigenvalue weighted by Gasteiger charge is 2.55. The molecule has 4 atom stereocenters. The van der Waals surface area contributed by atoms with Gasteiger partial charge in [0, 0.05) is 0 Å². The monoisotopic (exact) mass is 255 g/mol. The van der Waals surface area contributed by atoms with Crippen molar-refractivity contribution in [3.63, 3.8) is 0 Å². The molecule has 2 fully saturated rings. The van der Waals surface area contributed by atoms with Gasteiger partial charge >= 0.3 is 0 Å². The number of benzene rings is 1. The maximum Gasteiger partial charge on any atom is 0.0981 e. The van der Waals surface area contributed by atoms with E-state index in [1.54, 1.807) is 0 Å². The van der Waals surface area contributed by atoms with Gasteiger partial charge in [0.1, 0.15) is 0 Å². The second-order valence-electron chi connectivity index (χ2n) is 6.19. The minimum absolute atomic E-state index is 0.391. The summed E-state index contributed by atoms with van der Waals surface area (Å²) in [6.45, 7) is 2.10. The molecule has 2 aliphatic rings. The molecule has 2 nitrogen and oxygen atoms in total. The van der Waals surface area contributed by atoms with E-state index in [-0.39, 0.29) is 0 Å². The molecular formula is C17H21NO. The van der Waals surface area contributed by atoms with E-state index in [1.165, 1.54) is 12.0 Å². The van der Waals surface area contributed by atoms with Gasteiger partial charge in [-0.15, -0.1) is 0 Å². The lowest BCUT2D eigenvalue weighted by Crippen LogP contribution is -2.33. The van der Waals surface area contributed by atoms with Gasteiger partial charge in [0.25, 0.3) is 0 Å². The van der Waals surface area contributed by atoms with Gasteiger partial charge in [-0.1, -0.05) is 37.6 Å². The summed E-state index contributed by atoms with van der Waals surface area (Å²) in [5, 5.41) is 20.6. The lowest BCUT2D eigenvalue weighted by atomic mass is 9.68. The molecule has 1 aromatic carbocycles. The Morgan fingerprint density at radius 3 is 2.79 bits per heavy atom. The summed E-state index contributed by atoms with van der Waals surface area (Å²) in [6, 6.07) is 10.5. The van der Waals surface area contributed by atoms with Crippen LogP contribution in [0, 0.1) is 28.6 Å². The number of rotatable bonds is 3. The predicted octanol–water partition coefficient (Wildman–Crippen LogP) is 3.61. The van der Waals surface area contributed by atoms with Crippen LogP contribution in [-0.4, -0.2) is 5.11 Å². The molecule has 0 aliphatic heterocycles. The highest BCUT2D eigenvalue weighted by Crippen LogP contribution is 2.60. The fourth-order valence-corrected chi connectivity index (χ4v) is 4.31. The number of fused-ring (bicyclic) bond motifs is 2. The predicted molar refractivity (Wildman–Crippen MR) is 74.3 cm³/mol. The number of aliphatic hydroxyl groups is 1. The van der Waals surface area contributed by atoms with Crippen LogP contribution in [0.2, 0.25) is 0 Å². The Bertz CT molecular complexity index is 518. The van der Waals surface area contributed by atoms with E-state index in [1.807, 2.05) is 18.2 Å². The zero-order chi connectivity index (χ0) is 13.5. The summed E-state index contributed by atoms with van der Waals surface area (Å²) in [6.07, 6.45) is 4.67. The van der Waals surface area contributed by atoms with Crippen molar-refractivity contribution >= 4 is 0 Å². The smallest absolute Gasteiger partial charge is 0.0981 e. The summed E-state index contributed by atoms with van der Waals surface area (Å²) >= 11 is 0. The van der Waals surface area contributed by atoms with Crippen molar-refractivity contribution in [3.8, 4) is 6.07 Å². The van der Waals surface area contributed by atoms with Crippen LogP contribution >= 0.6 is 0 Å². The van der Waals surface area contributed by atoms with E-state index in [2.05, 4.69) is 19.1 Å². The first-order valence-corrected chi connectivity index (χ1v) is 7.38. The summed E-state index contributed by atoms with van der Waals surface area (Å²) in [5.74, 6) is 1.05. The van der Waals surface area contributed by atoms with Gasteiger partial charge in [-0.2, -0.15) is 5.26 Å². The minimum atomic E-state index is -0.621. The summed E-state index contributed by atoms with van der Waals surface area (Å²) in [4.78, 5) is 0. The van der Waals surface area contributed by atoms with Crippen molar-refractivity contribution in [2.24, 2.45) is 17.3 Å². The molecule has 3 rings (SSSR count). The van der Waals surface area contributed by atoms with Crippen LogP contribution < -0.4 is 0 Å². The van der Waals surface area contributed by atoms with E-state index in [0.717, 1.165) is 31.2 Å². The van der Waals surface area contributed by atoms with Gasteiger partial charge in [-0.25, -0.2) is 0 Å². The largest absolute Gasteiger partial charge is 0.387 e. The van der Waals surface area contributed by atoms with Gasteiger partial charge in [-0.05, 0) is 48.6 Å². The fraction of sp³-hybridized carbons (Fsp3) is 0.588. The normalized spacial score (nSPS) is 34.2. The Morgan fingerprint density at radius 2 is 2.21 bits per heavy atom. The van der Waals surface area contributed by atoms with Crippen molar-refractivity contribution in [2.75, 3.05) is 0 Å². The Kier molecular flexibility index (Phi) is 3.11. The number of aryl methyl sites for hydroxylation is 1. The number of nitrogens with zero attached hydrogens (tertiary/aromatic N) is 1. The van der Waals surface area contributed by atoms with Crippen LogP contribution in [0.5, 0.6) is 0 Å².